The third kappa shape index (κ3) is 5.00. The Hall–Kier alpha value is -0.900. The molecule has 3 heteroatoms. The molecule has 0 aliphatic heterocycles. The van der Waals surface area contributed by atoms with Crippen molar-refractivity contribution in [2.24, 2.45) is 40.9 Å². The van der Waals surface area contributed by atoms with Crippen LogP contribution in [0.25, 0.3) is 0 Å². The summed E-state index contributed by atoms with van der Waals surface area (Å²) in [5.41, 5.74) is 1.10. The van der Waals surface area contributed by atoms with E-state index >= 15 is 0 Å². The molecule has 4 fully saturated rings. The second-order valence-electron chi connectivity index (χ2n) is 13.0. The van der Waals surface area contributed by atoms with E-state index in [1.54, 1.807) is 0 Å². The predicted octanol–water partition coefficient (Wildman–Crippen LogP) is 6.75. The second-order valence-corrected chi connectivity index (χ2v) is 13.0. The third-order valence-corrected chi connectivity index (χ3v) is 10.9. The van der Waals surface area contributed by atoms with Crippen molar-refractivity contribution in [3.8, 4) is 0 Å². The molecule has 9 atom stereocenters. The Balaban J connectivity index is 1.16. The highest BCUT2D eigenvalue weighted by atomic mass is 16.5. The zero-order chi connectivity index (χ0) is 23.8. The van der Waals surface area contributed by atoms with Crippen LogP contribution in [0.2, 0.25) is 0 Å². The third-order valence-electron chi connectivity index (χ3n) is 10.9. The molecule has 3 nitrogen and oxygen atoms in total. The van der Waals surface area contributed by atoms with Gasteiger partial charge in [-0.2, -0.15) is 0 Å². The SMILES string of the molecule is C[C@@]1(O)CC[C@H]2[C@H](CCC[C@H]3[C@@H]2CC[C@]2(C)[C@@H](C(O)CCCOCc4ccccc4)CC[C@@H]32)C1. The maximum Gasteiger partial charge on any atom is 0.0716 e. The van der Waals surface area contributed by atoms with E-state index in [0.717, 1.165) is 61.9 Å². The average Bonchev–Trinajstić information content (AvgIpc) is 3.07. The normalized spacial score (nSPS) is 42.8. The summed E-state index contributed by atoms with van der Waals surface area (Å²) in [6.07, 6.45) is 14.1. The molecule has 0 amide bonds. The number of hydrogen-bond donors (Lipinski definition) is 2. The molecule has 0 heterocycles. The van der Waals surface area contributed by atoms with Gasteiger partial charge in [0.25, 0.3) is 0 Å². The van der Waals surface area contributed by atoms with E-state index in [1.807, 2.05) is 6.07 Å². The van der Waals surface area contributed by atoms with Gasteiger partial charge in [-0.05, 0) is 118 Å². The van der Waals surface area contributed by atoms with Crippen LogP contribution in [-0.2, 0) is 11.3 Å². The van der Waals surface area contributed by atoms with E-state index in [0.29, 0.717) is 17.9 Å². The van der Waals surface area contributed by atoms with Crippen LogP contribution >= 0.6 is 0 Å². The lowest BCUT2D eigenvalue weighted by molar-refractivity contribution is -0.0763. The Labute approximate surface area is 207 Å². The number of ether oxygens (including phenoxy) is 1. The zero-order valence-corrected chi connectivity index (χ0v) is 21.6. The summed E-state index contributed by atoms with van der Waals surface area (Å²) in [6, 6.07) is 10.4. The van der Waals surface area contributed by atoms with Crippen LogP contribution < -0.4 is 0 Å². The Kier molecular flexibility index (Phi) is 7.45. The van der Waals surface area contributed by atoms with Crippen molar-refractivity contribution in [1.82, 2.24) is 0 Å². The summed E-state index contributed by atoms with van der Waals surface area (Å²) in [4.78, 5) is 0. The van der Waals surface area contributed by atoms with Crippen LogP contribution in [0.15, 0.2) is 30.3 Å². The Morgan fingerprint density at radius 1 is 0.941 bits per heavy atom. The number of rotatable bonds is 7. The molecule has 0 bridgehead atoms. The summed E-state index contributed by atoms with van der Waals surface area (Å²) >= 11 is 0. The van der Waals surface area contributed by atoms with Crippen molar-refractivity contribution in [2.75, 3.05) is 6.61 Å². The first-order chi connectivity index (χ1) is 16.4. The van der Waals surface area contributed by atoms with Gasteiger partial charge in [-0.3, -0.25) is 0 Å². The summed E-state index contributed by atoms with van der Waals surface area (Å²) in [7, 11) is 0. The highest BCUT2D eigenvalue weighted by molar-refractivity contribution is 5.13. The maximum absolute atomic E-state index is 11.3. The Bertz CT molecular complexity index is 791. The summed E-state index contributed by atoms with van der Waals surface area (Å²) in [5.74, 6) is 4.54. The molecule has 4 aliphatic carbocycles. The number of aliphatic hydroxyl groups is 2. The van der Waals surface area contributed by atoms with Crippen molar-refractivity contribution in [3.63, 3.8) is 0 Å². The van der Waals surface area contributed by atoms with Crippen LogP contribution in [0.1, 0.15) is 96.5 Å². The van der Waals surface area contributed by atoms with Gasteiger partial charge in [0.05, 0.1) is 18.3 Å². The zero-order valence-electron chi connectivity index (χ0n) is 21.6. The molecule has 0 saturated heterocycles. The fourth-order valence-corrected chi connectivity index (χ4v) is 9.32. The van der Waals surface area contributed by atoms with Crippen molar-refractivity contribution < 1.29 is 14.9 Å². The first-order valence-electron chi connectivity index (χ1n) is 14.4. The molecular formula is C31H48O3. The average molecular weight is 469 g/mol. The van der Waals surface area contributed by atoms with Crippen molar-refractivity contribution >= 4 is 0 Å². The van der Waals surface area contributed by atoms with Crippen molar-refractivity contribution in [1.29, 1.82) is 0 Å². The molecule has 1 unspecified atom stereocenters. The van der Waals surface area contributed by atoms with E-state index in [1.165, 1.54) is 56.9 Å². The summed E-state index contributed by atoms with van der Waals surface area (Å²) in [5, 5.41) is 22.0. The molecule has 34 heavy (non-hydrogen) atoms. The van der Waals surface area contributed by atoms with Gasteiger partial charge in [0, 0.05) is 6.61 Å². The van der Waals surface area contributed by atoms with Gasteiger partial charge in [-0.1, -0.05) is 50.1 Å². The van der Waals surface area contributed by atoms with Crippen molar-refractivity contribution in [3.05, 3.63) is 35.9 Å². The molecule has 0 radical (unpaired) electrons. The van der Waals surface area contributed by atoms with Gasteiger partial charge in [-0.15, -0.1) is 0 Å². The Morgan fingerprint density at radius 2 is 1.74 bits per heavy atom. The van der Waals surface area contributed by atoms with Gasteiger partial charge >= 0.3 is 0 Å². The lowest BCUT2D eigenvalue weighted by atomic mass is 9.53. The van der Waals surface area contributed by atoms with Crippen LogP contribution in [0.3, 0.4) is 0 Å². The van der Waals surface area contributed by atoms with Crippen LogP contribution in [0.4, 0.5) is 0 Å². The minimum Gasteiger partial charge on any atom is -0.393 e. The van der Waals surface area contributed by atoms with Crippen molar-refractivity contribution in [2.45, 2.75) is 109 Å². The van der Waals surface area contributed by atoms with E-state index < -0.39 is 5.60 Å². The van der Waals surface area contributed by atoms with E-state index in [-0.39, 0.29) is 6.10 Å². The lowest BCUT2D eigenvalue weighted by Gasteiger charge is -2.53. The second kappa shape index (κ2) is 10.2. The van der Waals surface area contributed by atoms with Crippen LogP contribution in [0.5, 0.6) is 0 Å². The minimum absolute atomic E-state index is 0.185. The molecule has 190 valence electrons. The number of fused-ring (bicyclic) bond motifs is 5. The summed E-state index contributed by atoms with van der Waals surface area (Å²) < 4.78 is 5.89. The number of aliphatic hydroxyl groups excluding tert-OH is 1. The molecule has 0 aromatic heterocycles. The molecule has 1 aromatic rings. The lowest BCUT2D eigenvalue weighted by Crippen LogP contribution is -2.47. The molecule has 5 rings (SSSR count). The van der Waals surface area contributed by atoms with Crippen LogP contribution in [-0.4, -0.2) is 28.5 Å². The van der Waals surface area contributed by atoms with E-state index in [2.05, 4.69) is 38.1 Å². The smallest absolute Gasteiger partial charge is 0.0716 e. The topological polar surface area (TPSA) is 49.7 Å². The molecule has 0 spiro atoms. The number of benzene rings is 1. The number of hydrogen-bond acceptors (Lipinski definition) is 3. The quantitative estimate of drug-likeness (QED) is 0.435. The van der Waals surface area contributed by atoms with Crippen LogP contribution in [0, 0.1) is 40.9 Å². The molecular weight excluding hydrogens is 420 g/mol. The first-order valence-corrected chi connectivity index (χ1v) is 14.4. The summed E-state index contributed by atoms with van der Waals surface area (Å²) in [6.45, 7) is 6.01. The van der Waals surface area contributed by atoms with E-state index in [9.17, 15) is 10.2 Å². The monoisotopic (exact) mass is 468 g/mol. The van der Waals surface area contributed by atoms with Gasteiger partial charge in [0.15, 0.2) is 0 Å². The molecule has 4 aliphatic rings. The molecule has 1 aromatic carbocycles. The highest BCUT2D eigenvalue weighted by Crippen LogP contribution is 2.64. The molecule has 4 saturated carbocycles. The first kappa shape index (κ1) is 24.8. The predicted molar refractivity (Wildman–Crippen MR) is 137 cm³/mol. The minimum atomic E-state index is -0.433. The van der Waals surface area contributed by atoms with Gasteiger partial charge in [0.2, 0.25) is 0 Å². The largest absolute Gasteiger partial charge is 0.393 e. The fourth-order valence-electron chi connectivity index (χ4n) is 9.32. The van der Waals surface area contributed by atoms with Gasteiger partial charge < -0.3 is 14.9 Å². The van der Waals surface area contributed by atoms with Gasteiger partial charge in [0.1, 0.15) is 0 Å². The fraction of sp³-hybridized carbons (Fsp3) is 0.806. The standard InChI is InChI=1S/C31H48O3/c1-30(33)17-15-24-23(20-30)10-6-11-26-25(24)16-18-31(2)27(26)13-14-28(31)29(32)12-7-19-34-21-22-8-4-3-5-9-22/h3-5,8-9,23-29,32-33H,6-7,10-21H2,1-2H3/t23-,24+,25-,26+,27+,28-,29?,30-,31+/m1/s1. The van der Waals surface area contributed by atoms with E-state index in [4.69, 9.17) is 4.74 Å². The maximum atomic E-state index is 11.3. The van der Waals surface area contributed by atoms with Gasteiger partial charge in [-0.25, -0.2) is 0 Å². The molecule has 2 N–H and O–H groups in total. The highest BCUT2D eigenvalue weighted by Gasteiger charge is 2.57. The Morgan fingerprint density at radius 3 is 2.56 bits per heavy atom.